The lowest BCUT2D eigenvalue weighted by Crippen LogP contribution is -2.41. The highest BCUT2D eigenvalue weighted by Crippen LogP contribution is 2.22. The molecule has 1 saturated heterocycles. The Morgan fingerprint density at radius 1 is 1.53 bits per heavy atom. The molecule has 1 fully saturated rings. The Morgan fingerprint density at radius 3 is 2.76 bits per heavy atom. The fourth-order valence-electron chi connectivity index (χ4n) is 2.15. The molecule has 1 unspecified atom stereocenters. The van der Waals surface area contributed by atoms with Crippen molar-refractivity contribution in [3.05, 3.63) is 22.4 Å². The van der Waals surface area contributed by atoms with E-state index in [1.54, 1.807) is 23.9 Å². The van der Waals surface area contributed by atoms with Crippen molar-refractivity contribution < 1.29 is 14.7 Å². The molecule has 1 aliphatic rings. The second kappa shape index (κ2) is 4.52. The maximum absolute atomic E-state index is 12.2. The molecule has 1 aromatic rings. The number of aromatic nitrogens is 1. The van der Waals surface area contributed by atoms with Gasteiger partial charge in [0.1, 0.15) is 11.7 Å². The number of halogens is 1. The van der Waals surface area contributed by atoms with Gasteiger partial charge >= 0.3 is 5.97 Å². The maximum atomic E-state index is 12.2. The fourth-order valence-corrected chi connectivity index (χ4v) is 2.67. The van der Waals surface area contributed by atoms with Crippen molar-refractivity contribution in [2.24, 2.45) is 7.05 Å². The Bertz CT molecular complexity index is 469. The SMILES string of the molecule is Cn1cc(Br)cc1C(=O)N1CCCC1C(=O)O. The summed E-state index contributed by atoms with van der Waals surface area (Å²) in [6.45, 7) is 0.512. The summed E-state index contributed by atoms with van der Waals surface area (Å²) in [4.78, 5) is 24.7. The lowest BCUT2D eigenvalue weighted by atomic mass is 10.2. The minimum absolute atomic E-state index is 0.219. The molecule has 1 N–H and O–H groups in total. The molecule has 0 aromatic carbocycles. The molecule has 0 bridgehead atoms. The van der Waals surface area contributed by atoms with E-state index in [9.17, 15) is 9.59 Å². The molecule has 0 saturated carbocycles. The number of likely N-dealkylation sites (tertiary alicyclic amines) is 1. The van der Waals surface area contributed by atoms with E-state index < -0.39 is 12.0 Å². The predicted octanol–water partition coefficient (Wildman–Crippen LogP) is 1.48. The molecule has 0 radical (unpaired) electrons. The average molecular weight is 301 g/mol. The number of hydrogen-bond donors (Lipinski definition) is 1. The third-order valence-electron chi connectivity index (χ3n) is 2.99. The zero-order valence-electron chi connectivity index (χ0n) is 9.39. The monoisotopic (exact) mass is 300 g/mol. The molecule has 1 amide bonds. The second-order valence-electron chi connectivity index (χ2n) is 4.15. The number of carbonyl (C=O) groups excluding carboxylic acids is 1. The summed E-state index contributed by atoms with van der Waals surface area (Å²) < 4.78 is 2.51. The lowest BCUT2D eigenvalue weighted by Gasteiger charge is -2.21. The number of carboxylic acid groups (broad SMARTS) is 1. The van der Waals surface area contributed by atoms with Crippen LogP contribution in [0.25, 0.3) is 0 Å². The van der Waals surface area contributed by atoms with Gasteiger partial charge in [-0.1, -0.05) is 0 Å². The lowest BCUT2D eigenvalue weighted by molar-refractivity contribution is -0.141. The van der Waals surface area contributed by atoms with Gasteiger partial charge in [-0.3, -0.25) is 4.79 Å². The topological polar surface area (TPSA) is 62.5 Å². The molecular weight excluding hydrogens is 288 g/mol. The summed E-state index contributed by atoms with van der Waals surface area (Å²) in [5, 5.41) is 9.04. The summed E-state index contributed by atoms with van der Waals surface area (Å²) in [7, 11) is 1.77. The Hall–Kier alpha value is -1.30. The minimum Gasteiger partial charge on any atom is -0.480 e. The molecule has 92 valence electrons. The van der Waals surface area contributed by atoms with Gasteiger partial charge in [-0.15, -0.1) is 0 Å². The Morgan fingerprint density at radius 2 is 2.24 bits per heavy atom. The average Bonchev–Trinajstić information content (AvgIpc) is 2.83. The number of aryl methyl sites for hydroxylation is 1. The number of rotatable bonds is 2. The van der Waals surface area contributed by atoms with E-state index in [1.807, 2.05) is 0 Å². The molecule has 1 aromatic heterocycles. The van der Waals surface area contributed by atoms with E-state index in [2.05, 4.69) is 15.9 Å². The van der Waals surface area contributed by atoms with Gasteiger partial charge in [0.15, 0.2) is 0 Å². The van der Waals surface area contributed by atoms with Crippen molar-refractivity contribution in [1.29, 1.82) is 0 Å². The Labute approximate surface area is 107 Å². The van der Waals surface area contributed by atoms with Crippen LogP contribution >= 0.6 is 15.9 Å². The van der Waals surface area contributed by atoms with E-state index in [0.29, 0.717) is 18.7 Å². The normalized spacial score (nSPS) is 19.6. The van der Waals surface area contributed by atoms with Crippen LogP contribution in [0.15, 0.2) is 16.7 Å². The zero-order valence-corrected chi connectivity index (χ0v) is 11.0. The number of carboxylic acids is 1. The first-order chi connectivity index (χ1) is 8.00. The van der Waals surface area contributed by atoms with Gasteiger partial charge in [0, 0.05) is 24.3 Å². The summed E-state index contributed by atoms with van der Waals surface area (Å²) in [6.07, 6.45) is 3.06. The molecule has 6 heteroatoms. The smallest absolute Gasteiger partial charge is 0.326 e. The summed E-state index contributed by atoms with van der Waals surface area (Å²) in [5.74, 6) is -1.15. The van der Waals surface area contributed by atoms with Crippen LogP contribution in [0.5, 0.6) is 0 Å². The molecule has 2 rings (SSSR count). The number of nitrogens with zero attached hydrogens (tertiary/aromatic N) is 2. The van der Waals surface area contributed by atoms with Crippen molar-refractivity contribution in [2.45, 2.75) is 18.9 Å². The van der Waals surface area contributed by atoms with Crippen LogP contribution in [0.3, 0.4) is 0 Å². The third-order valence-corrected chi connectivity index (χ3v) is 3.42. The molecule has 0 spiro atoms. The molecule has 1 atom stereocenters. The van der Waals surface area contributed by atoms with Crippen LogP contribution in [0.1, 0.15) is 23.3 Å². The highest BCUT2D eigenvalue weighted by molar-refractivity contribution is 9.10. The van der Waals surface area contributed by atoms with E-state index in [-0.39, 0.29) is 5.91 Å². The van der Waals surface area contributed by atoms with Gasteiger partial charge in [0.05, 0.1) is 0 Å². The number of hydrogen-bond acceptors (Lipinski definition) is 2. The van der Waals surface area contributed by atoms with Gasteiger partial charge in [0.2, 0.25) is 0 Å². The number of carbonyl (C=O) groups is 2. The van der Waals surface area contributed by atoms with Crippen molar-refractivity contribution in [1.82, 2.24) is 9.47 Å². The van der Waals surface area contributed by atoms with Crippen molar-refractivity contribution in [2.75, 3.05) is 6.54 Å². The zero-order chi connectivity index (χ0) is 12.6. The van der Waals surface area contributed by atoms with Crippen LogP contribution in [-0.4, -0.2) is 39.0 Å². The van der Waals surface area contributed by atoms with E-state index in [1.165, 1.54) is 4.90 Å². The van der Waals surface area contributed by atoms with E-state index in [0.717, 1.165) is 10.9 Å². The number of amides is 1. The van der Waals surface area contributed by atoms with Gasteiger partial charge in [-0.05, 0) is 34.8 Å². The minimum atomic E-state index is -0.927. The van der Waals surface area contributed by atoms with Crippen LogP contribution < -0.4 is 0 Å². The second-order valence-corrected chi connectivity index (χ2v) is 5.06. The maximum Gasteiger partial charge on any atom is 0.326 e. The molecule has 1 aliphatic heterocycles. The van der Waals surface area contributed by atoms with Crippen LogP contribution in [0, 0.1) is 0 Å². The highest BCUT2D eigenvalue weighted by Gasteiger charge is 2.35. The first-order valence-corrected chi connectivity index (χ1v) is 6.15. The quantitative estimate of drug-likeness (QED) is 0.900. The first-order valence-electron chi connectivity index (χ1n) is 5.36. The predicted molar refractivity (Wildman–Crippen MR) is 64.8 cm³/mol. The summed E-state index contributed by atoms with van der Waals surface area (Å²) in [6, 6.07) is 1.02. The summed E-state index contributed by atoms with van der Waals surface area (Å²) >= 11 is 3.30. The van der Waals surface area contributed by atoms with Crippen LogP contribution in [0.2, 0.25) is 0 Å². The van der Waals surface area contributed by atoms with Crippen molar-refractivity contribution in [3.63, 3.8) is 0 Å². The van der Waals surface area contributed by atoms with E-state index in [4.69, 9.17) is 5.11 Å². The van der Waals surface area contributed by atoms with Gasteiger partial charge in [-0.2, -0.15) is 0 Å². The Kier molecular flexibility index (Phi) is 3.24. The summed E-state index contributed by atoms with van der Waals surface area (Å²) in [5.41, 5.74) is 0.505. The standard InChI is InChI=1S/C11H13BrN2O3/c1-13-6-7(12)5-9(13)10(15)14-4-2-3-8(14)11(16)17/h5-6,8H,2-4H2,1H3,(H,16,17). The molecule has 0 aliphatic carbocycles. The highest BCUT2D eigenvalue weighted by atomic mass is 79.9. The Balaban J connectivity index is 2.25. The van der Waals surface area contributed by atoms with Gasteiger partial charge in [-0.25, -0.2) is 4.79 Å². The van der Waals surface area contributed by atoms with Crippen LogP contribution in [-0.2, 0) is 11.8 Å². The molecular formula is C11H13BrN2O3. The van der Waals surface area contributed by atoms with Crippen LogP contribution in [0.4, 0.5) is 0 Å². The van der Waals surface area contributed by atoms with Gasteiger partial charge < -0.3 is 14.6 Å². The van der Waals surface area contributed by atoms with Crippen molar-refractivity contribution >= 4 is 27.8 Å². The fraction of sp³-hybridized carbons (Fsp3) is 0.455. The first kappa shape index (κ1) is 12.2. The van der Waals surface area contributed by atoms with E-state index >= 15 is 0 Å². The third kappa shape index (κ3) is 2.22. The molecule has 2 heterocycles. The largest absolute Gasteiger partial charge is 0.480 e. The molecule has 17 heavy (non-hydrogen) atoms. The number of aliphatic carboxylic acids is 1. The molecule has 5 nitrogen and oxygen atoms in total. The van der Waals surface area contributed by atoms with Crippen molar-refractivity contribution in [3.8, 4) is 0 Å². The van der Waals surface area contributed by atoms with Gasteiger partial charge in [0.25, 0.3) is 5.91 Å².